The van der Waals surface area contributed by atoms with Crippen molar-refractivity contribution in [2.24, 2.45) is 0 Å². The third-order valence-corrected chi connectivity index (χ3v) is 1.04. The molecule has 0 atom stereocenters. The summed E-state index contributed by atoms with van der Waals surface area (Å²) in [4.78, 5) is 9.28. The molecule has 0 saturated heterocycles. The first kappa shape index (κ1) is 15.0. The van der Waals surface area contributed by atoms with Crippen LogP contribution in [0.4, 0.5) is 0 Å². The lowest BCUT2D eigenvalue weighted by molar-refractivity contribution is -0.123. The van der Waals surface area contributed by atoms with Crippen molar-refractivity contribution in [2.45, 2.75) is 27.1 Å². The van der Waals surface area contributed by atoms with Gasteiger partial charge in [0.25, 0.3) is 0 Å². The van der Waals surface area contributed by atoms with Crippen molar-refractivity contribution in [2.75, 3.05) is 26.9 Å². The molecule has 0 amide bonds. The van der Waals surface area contributed by atoms with Gasteiger partial charge in [-0.05, 0) is 20.8 Å². The third kappa shape index (κ3) is 18.5. The van der Waals surface area contributed by atoms with Crippen molar-refractivity contribution in [1.82, 2.24) is 0 Å². The Hall–Kier alpha value is -0.450. The van der Waals surface area contributed by atoms with Crippen LogP contribution >= 0.6 is 0 Å². The van der Waals surface area contributed by atoms with Gasteiger partial charge in [0.2, 0.25) is 0 Å². The molecule has 0 saturated carbocycles. The highest BCUT2D eigenvalue weighted by atomic mass is 16.7. The van der Waals surface area contributed by atoms with Crippen LogP contribution in [0, 0.1) is 0 Å². The maximum atomic E-state index is 9.28. The van der Waals surface area contributed by atoms with Crippen LogP contribution in [0.25, 0.3) is 0 Å². The number of ether oxygens (including phenoxy) is 3. The zero-order valence-corrected chi connectivity index (χ0v) is 8.91. The van der Waals surface area contributed by atoms with Crippen LogP contribution in [-0.2, 0) is 19.0 Å². The smallest absolute Gasteiger partial charge is 0.154 e. The topological polar surface area (TPSA) is 44.8 Å². The summed E-state index contributed by atoms with van der Waals surface area (Å²) in [6.45, 7) is 7.46. The van der Waals surface area contributed by atoms with Gasteiger partial charge in [-0.25, -0.2) is 0 Å². The molecule has 0 unspecified atom stereocenters. The Morgan fingerprint density at radius 3 is 1.85 bits per heavy atom. The summed E-state index contributed by atoms with van der Waals surface area (Å²) < 4.78 is 14.4. The maximum absolute atomic E-state index is 9.28. The number of carbonyl (C=O) groups is 1. The molecule has 0 N–H and O–H groups in total. The molecule has 0 bridgehead atoms. The molecule has 0 aliphatic carbocycles. The van der Waals surface area contributed by atoms with Crippen LogP contribution in [0.15, 0.2) is 0 Å². The summed E-state index contributed by atoms with van der Waals surface area (Å²) >= 11 is 0. The molecule has 0 heterocycles. The summed E-state index contributed by atoms with van der Waals surface area (Å²) in [5.74, 6) is 0. The summed E-state index contributed by atoms with van der Waals surface area (Å²) in [6, 6.07) is 0. The molecule has 0 aromatic rings. The van der Waals surface area contributed by atoms with E-state index in [4.69, 9.17) is 9.47 Å². The molecule has 0 aliphatic rings. The highest BCUT2D eigenvalue weighted by Gasteiger charge is 1.94. The molecular weight excluding hydrogens is 172 g/mol. The molecule has 0 aromatic carbocycles. The van der Waals surface area contributed by atoms with E-state index in [1.54, 1.807) is 0 Å². The van der Waals surface area contributed by atoms with E-state index < -0.39 is 0 Å². The first-order valence-electron chi connectivity index (χ1n) is 4.38. The molecule has 0 rings (SSSR count). The minimum atomic E-state index is -0.0370. The predicted octanol–water partition coefficient (Wildman–Crippen LogP) is 1.24. The fourth-order valence-corrected chi connectivity index (χ4v) is 0.586. The first-order valence-corrected chi connectivity index (χ1v) is 4.38. The first-order chi connectivity index (χ1) is 6.22. The number of hydrogen-bond donors (Lipinski definition) is 0. The van der Waals surface area contributed by atoms with Gasteiger partial charge in [-0.1, -0.05) is 0 Å². The summed E-state index contributed by atoms with van der Waals surface area (Å²) in [5.41, 5.74) is 0. The van der Waals surface area contributed by atoms with Gasteiger partial charge in [-0.2, -0.15) is 0 Å². The van der Waals surface area contributed by atoms with E-state index in [2.05, 4.69) is 4.74 Å². The van der Waals surface area contributed by atoms with Gasteiger partial charge in [0.1, 0.15) is 12.9 Å². The summed E-state index contributed by atoms with van der Waals surface area (Å²) in [6.07, 6.45) is 0.671. The van der Waals surface area contributed by atoms with Crippen molar-refractivity contribution in [3.05, 3.63) is 0 Å². The van der Waals surface area contributed by atoms with Crippen molar-refractivity contribution in [1.29, 1.82) is 0 Å². The lowest BCUT2D eigenvalue weighted by Crippen LogP contribution is -2.11. The Bertz CT molecular complexity index is 89.6. The van der Waals surface area contributed by atoms with Gasteiger partial charge in [-0.3, -0.25) is 0 Å². The van der Waals surface area contributed by atoms with E-state index in [1.807, 2.05) is 20.8 Å². The molecular formula is C9H20O4. The zero-order valence-electron chi connectivity index (χ0n) is 8.91. The van der Waals surface area contributed by atoms with E-state index in [1.165, 1.54) is 7.11 Å². The maximum Gasteiger partial charge on any atom is 0.154 e. The predicted molar refractivity (Wildman–Crippen MR) is 50.7 cm³/mol. The molecule has 0 fully saturated rings. The fourth-order valence-electron chi connectivity index (χ4n) is 0.586. The number of aldehydes is 1. The van der Waals surface area contributed by atoms with Gasteiger partial charge in [0, 0.05) is 20.3 Å². The third-order valence-electron chi connectivity index (χ3n) is 1.04. The molecule has 13 heavy (non-hydrogen) atoms. The lowest BCUT2D eigenvalue weighted by Gasteiger charge is -2.09. The van der Waals surface area contributed by atoms with Crippen LogP contribution < -0.4 is 0 Å². The monoisotopic (exact) mass is 192 g/mol. The number of methoxy groups -OCH3 is 1. The van der Waals surface area contributed by atoms with Crippen molar-refractivity contribution < 1.29 is 19.0 Å². The van der Waals surface area contributed by atoms with Crippen LogP contribution in [0.3, 0.4) is 0 Å². The van der Waals surface area contributed by atoms with E-state index in [9.17, 15) is 4.79 Å². The SMILES string of the molecule is CCOC(C)OCC.COCC=O. The largest absolute Gasteiger partial charge is 0.377 e. The molecule has 0 aromatic heterocycles. The Morgan fingerprint density at radius 1 is 1.23 bits per heavy atom. The van der Waals surface area contributed by atoms with Crippen LogP contribution in [0.5, 0.6) is 0 Å². The standard InChI is InChI=1S/C6H14O2.C3H6O2/c1-4-7-6(3)8-5-2;1-5-3-2-4/h6H,4-5H2,1-3H3;2H,3H2,1H3. The molecule has 0 aliphatic heterocycles. The van der Waals surface area contributed by atoms with Crippen LogP contribution in [0.2, 0.25) is 0 Å². The van der Waals surface area contributed by atoms with Gasteiger partial charge < -0.3 is 19.0 Å². The molecule has 0 spiro atoms. The minimum absolute atomic E-state index is 0.0370. The fraction of sp³-hybridized carbons (Fsp3) is 0.889. The van der Waals surface area contributed by atoms with Crippen molar-refractivity contribution in [3.63, 3.8) is 0 Å². The average molecular weight is 192 g/mol. The molecule has 0 radical (unpaired) electrons. The van der Waals surface area contributed by atoms with Gasteiger partial charge >= 0.3 is 0 Å². The van der Waals surface area contributed by atoms with E-state index >= 15 is 0 Å². The number of hydrogen-bond acceptors (Lipinski definition) is 4. The Labute approximate surface area is 80.2 Å². The second-order valence-corrected chi connectivity index (χ2v) is 2.10. The van der Waals surface area contributed by atoms with Crippen molar-refractivity contribution >= 4 is 6.29 Å². The normalized spacial score (nSPS) is 9.31. The molecule has 4 nitrogen and oxygen atoms in total. The zero-order chi connectivity index (χ0) is 10.5. The average Bonchev–Trinajstić information content (AvgIpc) is 2.08. The van der Waals surface area contributed by atoms with Crippen LogP contribution in [-0.4, -0.2) is 39.5 Å². The number of carbonyl (C=O) groups excluding carboxylic acids is 1. The molecule has 80 valence electrons. The van der Waals surface area contributed by atoms with E-state index in [0.29, 0.717) is 6.29 Å². The van der Waals surface area contributed by atoms with Crippen LogP contribution in [0.1, 0.15) is 20.8 Å². The minimum Gasteiger partial charge on any atom is -0.377 e. The Morgan fingerprint density at radius 2 is 1.69 bits per heavy atom. The van der Waals surface area contributed by atoms with E-state index in [-0.39, 0.29) is 12.9 Å². The van der Waals surface area contributed by atoms with Gasteiger partial charge in [-0.15, -0.1) is 0 Å². The molecule has 4 heteroatoms. The van der Waals surface area contributed by atoms with Crippen molar-refractivity contribution in [3.8, 4) is 0 Å². The van der Waals surface area contributed by atoms with Gasteiger partial charge in [0.05, 0.1) is 0 Å². The summed E-state index contributed by atoms with van der Waals surface area (Å²) in [5, 5.41) is 0. The Kier molecular flexibility index (Phi) is 16.3. The highest BCUT2D eigenvalue weighted by molar-refractivity contribution is 5.50. The second-order valence-electron chi connectivity index (χ2n) is 2.10. The quantitative estimate of drug-likeness (QED) is 0.469. The number of rotatable bonds is 6. The Balaban J connectivity index is 0. The lowest BCUT2D eigenvalue weighted by atomic mass is 10.7. The van der Waals surface area contributed by atoms with Gasteiger partial charge in [0.15, 0.2) is 6.29 Å². The van der Waals surface area contributed by atoms with E-state index in [0.717, 1.165) is 13.2 Å². The summed E-state index contributed by atoms with van der Waals surface area (Å²) in [7, 11) is 1.48. The second kappa shape index (κ2) is 14.1. The highest BCUT2D eigenvalue weighted by Crippen LogP contribution is 1.90.